The van der Waals surface area contributed by atoms with Crippen molar-refractivity contribution < 1.29 is 17.9 Å². The number of halogens is 3. The summed E-state index contributed by atoms with van der Waals surface area (Å²) >= 11 is 0. The van der Waals surface area contributed by atoms with Crippen molar-refractivity contribution in [3.8, 4) is 0 Å². The summed E-state index contributed by atoms with van der Waals surface area (Å²) in [6.07, 6.45) is -3.28. The molecule has 1 rings (SSSR count). The Balaban J connectivity index is 2.62. The lowest BCUT2D eigenvalue weighted by atomic mass is 10.4. The van der Waals surface area contributed by atoms with Gasteiger partial charge in [0, 0.05) is 0 Å². The quantitative estimate of drug-likeness (QED) is 0.560. The van der Waals surface area contributed by atoms with Gasteiger partial charge in [0.15, 0.2) is 0 Å². The molecule has 0 atom stereocenters. The summed E-state index contributed by atoms with van der Waals surface area (Å²) in [7, 11) is 0. The minimum atomic E-state index is -4.26. The summed E-state index contributed by atoms with van der Waals surface area (Å²) in [6.45, 7) is -0.0345. The first-order valence-corrected chi connectivity index (χ1v) is 2.69. The van der Waals surface area contributed by atoms with Crippen LogP contribution in [-0.2, 0) is 4.74 Å². The number of rotatable bonds is 0. The molecule has 0 bridgehead atoms. The van der Waals surface area contributed by atoms with E-state index in [0.29, 0.717) is 0 Å². The fourth-order valence-electron chi connectivity index (χ4n) is 0.618. The van der Waals surface area contributed by atoms with E-state index in [0.717, 1.165) is 6.08 Å². The van der Waals surface area contributed by atoms with Gasteiger partial charge in [-0.2, -0.15) is 13.2 Å². The molecule has 0 aromatic carbocycles. The Morgan fingerprint density at radius 3 is 2.50 bits per heavy atom. The molecule has 58 valence electrons. The number of hydrogen-bond donors (Lipinski definition) is 1. The van der Waals surface area contributed by atoms with Crippen molar-refractivity contribution in [2.24, 2.45) is 0 Å². The van der Waals surface area contributed by atoms with Crippen LogP contribution in [0.4, 0.5) is 13.2 Å². The van der Waals surface area contributed by atoms with Crippen molar-refractivity contribution in [3.05, 3.63) is 11.8 Å². The smallest absolute Gasteiger partial charge is 0.359 e. The van der Waals surface area contributed by atoms with Gasteiger partial charge in [-0.1, -0.05) is 0 Å². The highest BCUT2D eigenvalue weighted by Gasteiger charge is 2.34. The topological polar surface area (TPSA) is 21.3 Å². The summed E-state index contributed by atoms with van der Waals surface area (Å²) in [5.41, 5.74) is -0.709. The summed E-state index contributed by atoms with van der Waals surface area (Å²) < 4.78 is 39.9. The van der Waals surface area contributed by atoms with Crippen molar-refractivity contribution >= 4 is 0 Å². The zero-order valence-corrected chi connectivity index (χ0v) is 5.03. The Kier molecular flexibility index (Phi) is 1.85. The molecule has 0 amide bonds. The molecule has 0 fully saturated rings. The molecule has 0 aromatic rings. The van der Waals surface area contributed by atoms with Crippen LogP contribution in [0.2, 0.25) is 0 Å². The second-order valence-electron chi connectivity index (χ2n) is 1.81. The minimum absolute atomic E-state index is 0.0296. The van der Waals surface area contributed by atoms with Gasteiger partial charge in [0.2, 0.25) is 0 Å². The Bertz CT molecular complexity index is 151. The van der Waals surface area contributed by atoms with Crippen LogP contribution in [0.25, 0.3) is 0 Å². The first-order valence-electron chi connectivity index (χ1n) is 2.69. The van der Waals surface area contributed by atoms with E-state index in [4.69, 9.17) is 0 Å². The van der Waals surface area contributed by atoms with Crippen LogP contribution >= 0.6 is 0 Å². The van der Waals surface area contributed by atoms with Crippen molar-refractivity contribution in [1.82, 2.24) is 5.32 Å². The van der Waals surface area contributed by atoms with E-state index in [-0.39, 0.29) is 13.3 Å². The third-order valence-electron chi connectivity index (χ3n) is 1.08. The van der Waals surface area contributed by atoms with Gasteiger partial charge in [0.25, 0.3) is 0 Å². The normalized spacial score (nSPS) is 19.7. The lowest BCUT2D eigenvalue weighted by molar-refractivity contribution is -0.103. The molecular weight excluding hydrogens is 147 g/mol. The predicted molar refractivity (Wildman–Crippen MR) is 28.1 cm³/mol. The van der Waals surface area contributed by atoms with Gasteiger partial charge in [-0.25, -0.2) is 0 Å². The average molecular weight is 153 g/mol. The van der Waals surface area contributed by atoms with Crippen molar-refractivity contribution in [1.29, 1.82) is 0 Å². The molecule has 0 unspecified atom stereocenters. The highest BCUT2D eigenvalue weighted by atomic mass is 19.4. The maximum Gasteiger partial charge on any atom is 0.430 e. The first-order chi connectivity index (χ1) is 4.61. The van der Waals surface area contributed by atoms with Crippen molar-refractivity contribution in [2.75, 3.05) is 13.3 Å². The monoisotopic (exact) mass is 153 g/mol. The molecular formula is C5H6F3NO. The van der Waals surface area contributed by atoms with Gasteiger partial charge in [-0.15, -0.1) is 0 Å². The number of alkyl halides is 3. The zero-order chi connectivity index (χ0) is 7.61. The van der Waals surface area contributed by atoms with Crippen LogP contribution in [0.15, 0.2) is 11.8 Å². The third kappa shape index (κ3) is 1.63. The molecule has 0 saturated heterocycles. The predicted octanol–water partition coefficient (Wildman–Crippen LogP) is 1.01. The van der Waals surface area contributed by atoms with Crippen LogP contribution in [0.3, 0.4) is 0 Å². The minimum Gasteiger partial charge on any atom is -0.359 e. The van der Waals surface area contributed by atoms with Gasteiger partial charge >= 0.3 is 6.18 Å². The van der Waals surface area contributed by atoms with E-state index >= 15 is 0 Å². The summed E-state index contributed by atoms with van der Waals surface area (Å²) in [4.78, 5) is 0. The van der Waals surface area contributed by atoms with Gasteiger partial charge in [-0.05, 0) is 6.08 Å². The number of nitrogens with one attached hydrogen (secondary N) is 1. The number of hydrogen-bond acceptors (Lipinski definition) is 2. The average Bonchev–Trinajstić information content (AvgIpc) is 1.88. The maximum absolute atomic E-state index is 11.8. The molecule has 0 spiro atoms. The molecule has 1 heterocycles. The summed E-state index contributed by atoms with van der Waals surface area (Å²) in [5, 5.41) is 2.07. The molecule has 0 aliphatic carbocycles. The van der Waals surface area contributed by atoms with Crippen LogP contribution in [-0.4, -0.2) is 19.5 Å². The molecule has 0 saturated carbocycles. The second kappa shape index (κ2) is 2.49. The van der Waals surface area contributed by atoms with Crippen LogP contribution in [0.1, 0.15) is 0 Å². The zero-order valence-electron chi connectivity index (χ0n) is 5.03. The van der Waals surface area contributed by atoms with E-state index in [1.807, 2.05) is 0 Å². The lowest BCUT2D eigenvalue weighted by Crippen LogP contribution is -2.31. The Labute approximate surface area is 55.7 Å². The molecule has 1 N–H and O–H groups in total. The molecule has 0 radical (unpaired) electrons. The van der Waals surface area contributed by atoms with E-state index in [9.17, 15) is 13.2 Å². The SMILES string of the molecule is FC(F)(F)C1=CCOCN1. The van der Waals surface area contributed by atoms with Gasteiger partial charge in [0.05, 0.1) is 6.61 Å². The highest BCUT2D eigenvalue weighted by molar-refractivity contribution is 5.07. The number of ether oxygens (including phenoxy) is 1. The van der Waals surface area contributed by atoms with Crippen LogP contribution in [0.5, 0.6) is 0 Å². The second-order valence-corrected chi connectivity index (χ2v) is 1.81. The van der Waals surface area contributed by atoms with Gasteiger partial charge in [0.1, 0.15) is 12.4 Å². The Hall–Kier alpha value is -0.710. The van der Waals surface area contributed by atoms with Crippen LogP contribution in [0, 0.1) is 0 Å². The maximum atomic E-state index is 11.8. The molecule has 10 heavy (non-hydrogen) atoms. The van der Waals surface area contributed by atoms with E-state index in [1.54, 1.807) is 0 Å². The van der Waals surface area contributed by atoms with Gasteiger partial charge < -0.3 is 10.1 Å². The molecule has 5 heteroatoms. The fraction of sp³-hybridized carbons (Fsp3) is 0.600. The van der Waals surface area contributed by atoms with Crippen molar-refractivity contribution in [2.45, 2.75) is 6.18 Å². The third-order valence-corrected chi connectivity index (χ3v) is 1.08. The van der Waals surface area contributed by atoms with Crippen LogP contribution < -0.4 is 5.32 Å². The first kappa shape index (κ1) is 7.40. The Morgan fingerprint density at radius 1 is 1.50 bits per heavy atom. The van der Waals surface area contributed by atoms with E-state index < -0.39 is 11.9 Å². The van der Waals surface area contributed by atoms with E-state index in [2.05, 4.69) is 10.1 Å². The molecule has 0 aromatic heterocycles. The number of allylic oxidation sites excluding steroid dienone is 1. The van der Waals surface area contributed by atoms with Gasteiger partial charge in [-0.3, -0.25) is 0 Å². The largest absolute Gasteiger partial charge is 0.430 e. The molecule has 2 nitrogen and oxygen atoms in total. The van der Waals surface area contributed by atoms with E-state index in [1.165, 1.54) is 0 Å². The standard InChI is InChI=1S/C5H6F3NO/c6-5(7,8)4-1-2-10-3-9-4/h1,9H,2-3H2. The molecule has 1 aliphatic rings. The lowest BCUT2D eigenvalue weighted by Gasteiger charge is -2.17. The molecule has 1 aliphatic heterocycles. The fourth-order valence-corrected chi connectivity index (χ4v) is 0.618. The van der Waals surface area contributed by atoms with Crippen molar-refractivity contribution in [3.63, 3.8) is 0 Å². The Morgan fingerprint density at radius 2 is 2.20 bits per heavy atom. The summed E-state index contributed by atoms with van der Waals surface area (Å²) in [5.74, 6) is 0. The summed E-state index contributed by atoms with van der Waals surface area (Å²) in [6, 6.07) is 0. The highest BCUT2D eigenvalue weighted by Crippen LogP contribution is 2.23.